The molecule has 0 aromatic carbocycles. The largest absolute Gasteiger partial charge is 0.388 e. The molecule has 0 fully saturated rings. The molecule has 2 nitrogen and oxygen atoms in total. The highest BCUT2D eigenvalue weighted by Gasteiger charge is 2.23. The van der Waals surface area contributed by atoms with Gasteiger partial charge in [-0.1, -0.05) is 54.9 Å². The van der Waals surface area contributed by atoms with Gasteiger partial charge in [-0.05, 0) is 6.42 Å². The van der Waals surface area contributed by atoms with E-state index in [1.807, 2.05) is 20.8 Å². The number of hydrogen-bond acceptors (Lipinski definition) is 2. The number of allylic oxidation sites excluding steroid dienone is 2. The molecule has 0 saturated heterocycles. The first-order valence-electron chi connectivity index (χ1n) is 6.59. The molecule has 100 valence electrons. The summed E-state index contributed by atoms with van der Waals surface area (Å²) in [5, 5.41) is 3.40. The van der Waals surface area contributed by atoms with Crippen LogP contribution >= 0.6 is 0 Å². The molecule has 0 bridgehead atoms. The fourth-order valence-corrected chi connectivity index (χ4v) is 1.28. The maximum absolute atomic E-state index is 12.0. The van der Waals surface area contributed by atoms with Crippen LogP contribution < -0.4 is 5.32 Å². The van der Waals surface area contributed by atoms with E-state index in [4.69, 9.17) is 0 Å². The van der Waals surface area contributed by atoms with Crippen molar-refractivity contribution in [1.29, 1.82) is 0 Å². The monoisotopic (exact) mass is 239 g/mol. The molecule has 0 heterocycles. The zero-order valence-corrected chi connectivity index (χ0v) is 12.6. The molecule has 0 radical (unpaired) electrons. The molecule has 0 spiro atoms. The van der Waals surface area contributed by atoms with E-state index in [-0.39, 0.29) is 16.6 Å². The van der Waals surface area contributed by atoms with Gasteiger partial charge in [0.1, 0.15) is 0 Å². The quantitative estimate of drug-likeness (QED) is 0.582. The Morgan fingerprint density at radius 3 is 1.94 bits per heavy atom. The summed E-state index contributed by atoms with van der Waals surface area (Å²) in [6.45, 7) is 15.4. The topological polar surface area (TPSA) is 29.1 Å². The second-order valence-electron chi connectivity index (χ2n) is 6.70. The molecule has 0 unspecified atom stereocenters. The zero-order valence-electron chi connectivity index (χ0n) is 12.6. The number of carbonyl (C=O) groups is 1. The predicted molar refractivity (Wildman–Crippen MR) is 74.9 cm³/mol. The van der Waals surface area contributed by atoms with E-state index < -0.39 is 0 Å². The van der Waals surface area contributed by atoms with Crippen molar-refractivity contribution in [1.82, 2.24) is 5.32 Å². The van der Waals surface area contributed by atoms with E-state index in [0.717, 1.165) is 25.1 Å². The van der Waals surface area contributed by atoms with Gasteiger partial charge in [-0.25, -0.2) is 0 Å². The lowest BCUT2D eigenvalue weighted by Crippen LogP contribution is -2.28. The van der Waals surface area contributed by atoms with Crippen molar-refractivity contribution in [2.24, 2.45) is 10.8 Å². The lowest BCUT2D eigenvalue weighted by molar-refractivity contribution is -0.121. The maximum atomic E-state index is 12.0. The second-order valence-corrected chi connectivity index (χ2v) is 6.70. The van der Waals surface area contributed by atoms with Gasteiger partial charge < -0.3 is 5.32 Å². The Morgan fingerprint density at radius 2 is 1.59 bits per heavy atom. The molecule has 2 heteroatoms. The van der Waals surface area contributed by atoms with Crippen LogP contribution in [0.1, 0.15) is 61.3 Å². The summed E-state index contributed by atoms with van der Waals surface area (Å²) < 4.78 is 0. The molecule has 0 aliphatic rings. The predicted octanol–water partition coefficient (Wildman–Crippen LogP) is 3.92. The van der Waals surface area contributed by atoms with Gasteiger partial charge >= 0.3 is 0 Å². The fraction of sp³-hybridized carbons (Fsp3) is 0.800. The van der Waals surface area contributed by atoms with E-state index in [1.165, 1.54) is 0 Å². The number of ketones is 1. The molecule has 0 aliphatic carbocycles. The van der Waals surface area contributed by atoms with Crippen molar-refractivity contribution in [3.8, 4) is 0 Å². The molecule has 17 heavy (non-hydrogen) atoms. The average molecular weight is 239 g/mol. The molecule has 0 saturated carbocycles. The van der Waals surface area contributed by atoms with Crippen LogP contribution in [0.3, 0.4) is 0 Å². The Morgan fingerprint density at radius 1 is 1.06 bits per heavy atom. The fourth-order valence-electron chi connectivity index (χ4n) is 1.28. The summed E-state index contributed by atoms with van der Waals surface area (Å²) >= 11 is 0. The van der Waals surface area contributed by atoms with Crippen LogP contribution in [0.5, 0.6) is 0 Å². The van der Waals surface area contributed by atoms with Crippen molar-refractivity contribution >= 4 is 5.78 Å². The maximum Gasteiger partial charge on any atom is 0.162 e. The van der Waals surface area contributed by atoms with Crippen molar-refractivity contribution in [2.75, 3.05) is 6.54 Å². The van der Waals surface area contributed by atoms with Crippen LogP contribution in [-0.2, 0) is 4.79 Å². The Bertz CT molecular complexity index is 276. The van der Waals surface area contributed by atoms with Gasteiger partial charge in [0.25, 0.3) is 0 Å². The van der Waals surface area contributed by atoms with Gasteiger partial charge in [0.2, 0.25) is 0 Å². The van der Waals surface area contributed by atoms with Crippen LogP contribution in [0.15, 0.2) is 11.8 Å². The van der Waals surface area contributed by atoms with Crippen molar-refractivity contribution in [3.63, 3.8) is 0 Å². The van der Waals surface area contributed by atoms with Crippen LogP contribution in [0, 0.1) is 10.8 Å². The first-order valence-corrected chi connectivity index (χ1v) is 6.59. The summed E-state index contributed by atoms with van der Waals surface area (Å²) in [6.07, 6.45) is 4.09. The first kappa shape index (κ1) is 16.2. The van der Waals surface area contributed by atoms with Crippen molar-refractivity contribution < 1.29 is 4.79 Å². The van der Waals surface area contributed by atoms with Gasteiger partial charge in [-0.3, -0.25) is 4.79 Å². The van der Waals surface area contributed by atoms with E-state index in [9.17, 15) is 4.79 Å². The number of carbonyl (C=O) groups excluding carboxylic acids is 1. The third kappa shape index (κ3) is 6.50. The van der Waals surface area contributed by atoms with Gasteiger partial charge in [0, 0.05) is 29.1 Å². The Kier molecular flexibility index (Phi) is 5.94. The van der Waals surface area contributed by atoms with Gasteiger partial charge in [-0.2, -0.15) is 0 Å². The highest BCUT2D eigenvalue weighted by Crippen LogP contribution is 2.25. The molecule has 0 aromatic rings. The average Bonchev–Trinajstić information content (AvgIpc) is 2.13. The number of nitrogens with one attached hydrogen (secondary N) is 1. The molecule has 0 atom stereocenters. The zero-order chi connectivity index (χ0) is 13.7. The van der Waals surface area contributed by atoms with E-state index in [0.29, 0.717) is 0 Å². The summed E-state index contributed by atoms with van der Waals surface area (Å²) in [6, 6.07) is 0. The van der Waals surface area contributed by atoms with Crippen LogP contribution in [0.2, 0.25) is 0 Å². The molecule has 0 amide bonds. The third-order valence-electron chi connectivity index (χ3n) is 2.67. The highest BCUT2D eigenvalue weighted by atomic mass is 16.1. The first-order chi connectivity index (χ1) is 7.59. The van der Waals surface area contributed by atoms with Crippen LogP contribution in [0.4, 0.5) is 0 Å². The minimum Gasteiger partial charge on any atom is -0.388 e. The summed E-state index contributed by atoms with van der Waals surface area (Å²) in [7, 11) is 0. The molecular weight excluding hydrogens is 210 g/mol. The van der Waals surface area contributed by atoms with Gasteiger partial charge in [-0.15, -0.1) is 0 Å². The van der Waals surface area contributed by atoms with Gasteiger partial charge in [0.15, 0.2) is 5.78 Å². The summed E-state index contributed by atoms with van der Waals surface area (Å²) in [5.41, 5.74) is 0.739. The van der Waals surface area contributed by atoms with E-state index in [1.54, 1.807) is 6.08 Å². The highest BCUT2D eigenvalue weighted by molar-refractivity contribution is 5.94. The normalized spacial score (nSPS) is 13.7. The van der Waals surface area contributed by atoms with E-state index in [2.05, 4.69) is 33.0 Å². The molecule has 0 aromatic heterocycles. The Labute approximate surface area is 107 Å². The summed E-state index contributed by atoms with van der Waals surface area (Å²) in [5.74, 6) is 0.187. The molecule has 0 rings (SSSR count). The third-order valence-corrected chi connectivity index (χ3v) is 2.67. The van der Waals surface area contributed by atoms with E-state index >= 15 is 0 Å². The lowest BCUT2D eigenvalue weighted by Gasteiger charge is -2.26. The minimum absolute atomic E-state index is 0.00531. The van der Waals surface area contributed by atoms with Gasteiger partial charge in [0.05, 0.1) is 0 Å². The SMILES string of the molecule is CCCCNC(=CC(=O)C(C)(C)C)C(C)(C)C. The number of unbranched alkanes of at least 4 members (excludes halogenated alkanes) is 1. The lowest BCUT2D eigenvalue weighted by atomic mass is 9.85. The molecule has 0 aliphatic heterocycles. The Hall–Kier alpha value is -0.790. The van der Waals surface area contributed by atoms with Crippen LogP contribution in [0.25, 0.3) is 0 Å². The van der Waals surface area contributed by atoms with Crippen molar-refractivity contribution in [2.45, 2.75) is 61.3 Å². The number of hydrogen-bond donors (Lipinski definition) is 1. The van der Waals surface area contributed by atoms with Crippen LogP contribution in [-0.4, -0.2) is 12.3 Å². The second kappa shape index (κ2) is 6.23. The van der Waals surface area contributed by atoms with Crippen molar-refractivity contribution in [3.05, 3.63) is 11.8 Å². The standard InChI is InChI=1S/C15H29NO/c1-8-9-10-16-12(14(2,3)4)11-13(17)15(5,6)7/h11,16H,8-10H2,1-7H3. The molecule has 1 N–H and O–H groups in total. The molecular formula is C15H29NO. The number of rotatable bonds is 5. The summed E-state index contributed by atoms with van der Waals surface area (Å²) in [4.78, 5) is 12.0. The Balaban J connectivity index is 4.81. The minimum atomic E-state index is -0.303. The smallest absolute Gasteiger partial charge is 0.162 e.